The molecule has 0 radical (unpaired) electrons. The summed E-state index contributed by atoms with van der Waals surface area (Å²) in [6.07, 6.45) is 5.34. The molecule has 0 aliphatic carbocycles. The third kappa shape index (κ3) is 3.03. The molecule has 4 aromatic heterocycles. The molecule has 5 heterocycles. The van der Waals surface area contributed by atoms with Gasteiger partial charge < -0.3 is 15.4 Å². The van der Waals surface area contributed by atoms with Crippen LogP contribution in [0.15, 0.2) is 36.9 Å². The van der Waals surface area contributed by atoms with E-state index in [9.17, 15) is 8.78 Å². The molecule has 1 saturated heterocycles. The predicted octanol–water partition coefficient (Wildman–Crippen LogP) is 1.86. The summed E-state index contributed by atoms with van der Waals surface area (Å²) < 4.78 is 37.0. The van der Waals surface area contributed by atoms with Gasteiger partial charge in [0.25, 0.3) is 5.92 Å². The lowest BCUT2D eigenvalue weighted by molar-refractivity contribution is -0.0324. The van der Waals surface area contributed by atoms with Crippen molar-refractivity contribution in [2.45, 2.75) is 18.4 Å². The highest BCUT2D eigenvalue weighted by Gasteiger charge is 2.42. The number of piperidine rings is 1. The lowest BCUT2D eigenvalue weighted by Crippen LogP contribution is -2.53. The summed E-state index contributed by atoms with van der Waals surface area (Å²) in [6, 6.07) is 4.60. The number of methoxy groups -OCH3 is 1. The zero-order valence-corrected chi connectivity index (χ0v) is 15.5. The maximum Gasteiger partial charge on any atom is 0.280 e. The number of alkyl halides is 2. The SMILES string of the molecule is COc1nc(NC2CCNCC2(F)F)nn2ccc(-c3ccc4ncnn4c3)c12. The quantitative estimate of drug-likeness (QED) is 0.540. The molecule has 1 aliphatic rings. The van der Waals surface area contributed by atoms with E-state index in [0.29, 0.717) is 17.9 Å². The predicted molar refractivity (Wildman–Crippen MR) is 101 cm³/mol. The van der Waals surface area contributed by atoms with Gasteiger partial charge in [-0.05, 0) is 31.2 Å². The van der Waals surface area contributed by atoms with Gasteiger partial charge in [0.1, 0.15) is 11.8 Å². The normalized spacial score (nSPS) is 18.9. The average Bonchev–Trinajstić information content (AvgIpc) is 3.35. The summed E-state index contributed by atoms with van der Waals surface area (Å²) in [5.41, 5.74) is 3.07. The number of ether oxygens (including phenoxy) is 1. The number of halogens is 2. The van der Waals surface area contributed by atoms with Gasteiger partial charge in [-0.15, -0.1) is 5.10 Å². The average molecular weight is 400 g/mol. The number of anilines is 1. The summed E-state index contributed by atoms with van der Waals surface area (Å²) >= 11 is 0. The first-order valence-electron chi connectivity index (χ1n) is 9.13. The van der Waals surface area contributed by atoms with Gasteiger partial charge in [-0.3, -0.25) is 0 Å². The first-order valence-corrected chi connectivity index (χ1v) is 9.13. The Hall–Kier alpha value is -3.34. The molecule has 4 aromatic rings. The van der Waals surface area contributed by atoms with E-state index in [2.05, 4.69) is 30.8 Å². The van der Waals surface area contributed by atoms with Crippen LogP contribution in [0.1, 0.15) is 6.42 Å². The van der Waals surface area contributed by atoms with Gasteiger partial charge in [0.05, 0.1) is 19.7 Å². The maximum absolute atomic E-state index is 14.1. The minimum atomic E-state index is -2.89. The van der Waals surface area contributed by atoms with Crippen LogP contribution in [0.2, 0.25) is 0 Å². The van der Waals surface area contributed by atoms with Gasteiger partial charge in [-0.1, -0.05) is 0 Å². The van der Waals surface area contributed by atoms with Crippen molar-refractivity contribution in [2.24, 2.45) is 0 Å². The fraction of sp³-hybridized carbons (Fsp3) is 0.333. The number of aromatic nitrogens is 6. The molecule has 1 unspecified atom stereocenters. The number of fused-ring (bicyclic) bond motifs is 2. The zero-order valence-electron chi connectivity index (χ0n) is 15.5. The summed E-state index contributed by atoms with van der Waals surface area (Å²) in [4.78, 5) is 8.48. The molecule has 1 aliphatic heterocycles. The second-order valence-electron chi connectivity index (χ2n) is 6.87. The summed E-state index contributed by atoms with van der Waals surface area (Å²) in [6.45, 7) is 0.132. The third-order valence-corrected chi connectivity index (χ3v) is 5.04. The van der Waals surface area contributed by atoms with Crippen LogP contribution in [0.25, 0.3) is 22.3 Å². The number of rotatable bonds is 4. The van der Waals surface area contributed by atoms with E-state index >= 15 is 0 Å². The molecule has 0 spiro atoms. The fourth-order valence-electron chi connectivity index (χ4n) is 3.57. The maximum atomic E-state index is 14.1. The van der Waals surface area contributed by atoms with Crippen molar-refractivity contribution in [3.05, 3.63) is 36.9 Å². The van der Waals surface area contributed by atoms with E-state index in [0.717, 1.165) is 16.8 Å². The van der Waals surface area contributed by atoms with Crippen LogP contribution < -0.4 is 15.4 Å². The molecule has 29 heavy (non-hydrogen) atoms. The first-order chi connectivity index (χ1) is 14.0. The van der Waals surface area contributed by atoms with Gasteiger partial charge in [0.2, 0.25) is 11.8 Å². The van der Waals surface area contributed by atoms with Crippen molar-refractivity contribution < 1.29 is 13.5 Å². The Labute approximate surface area is 163 Å². The van der Waals surface area contributed by atoms with Crippen LogP contribution in [0.5, 0.6) is 5.88 Å². The molecule has 2 N–H and O–H groups in total. The lowest BCUT2D eigenvalue weighted by atomic mass is 10.0. The Morgan fingerprint density at radius 3 is 3.00 bits per heavy atom. The topological polar surface area (TPSA) is 93.7 Å². The fourth-order valence-corrected chi connectivity index (χ4v) is 3.57. The molecule has 0 aromatic carbocycles. The van der Waals surface area contributed by atoms with Crippen molar-refractivity contribution in [1.82, 2.24) is 34.5 Å². The van der Waals surface area contributed by atoms with Crippen molar-refractivity contribution >= 4 is 17.1 Å². The van der Waals surface area contributed by atoms with Crippen LogP contribution in [-0.4, -0.2) is 61.4 Å². The van der Waals surface area contributed by atoms with Gasteiger partial charge in [0, 0.05) is 23.5 Å². The second kappa shape index (κ2) is 6.62. The second-order valence-corrected chi connectivity index (χ2v) is 6.87. The van der Waals surface area contributed by atoms with Gasteiger partial charge in [-0.25, -0.2) is 22.8 Å². The van der Waals surface area contributed by atoms with E-state index in [-0.39, 0.29) is 18.9 Å². The molecule has 150 valence electrons. The largest absolute Gasteiger partial charge is 0.479 e. The number of nitrogens with one attached hydrogen (secondary N) is 2. The molecule has 0 amide bonds. The zero-order chi connectivity index (χ0) is 20.0. The standard InChI is InChI=1S/C18H18F2N8O/c1-29-16-15-12(11-2-3-14-22-10-23-28(14)8-11)5-7-27(15)26-17(25-16)24-13-4-6-21-9-18(13,19)20/h2-3,5,7-8,10,13,21H,4,6,9H2,1H3,(H,24,26). The Balaban J connectivity index is 1.55. The van der Waals surface area contributed by atoms with E-state index < -0.39 is 12.0 Å². The molecule has 1 atom stereocenters. The highest BCUT2D eigenvalue weighted by Crippen LogP contribution is 2.32. The number of pyridine rings is 1. The molecular formula is C18H18F2N8O. The van der Waals surface area contributed by atoms with Crippen LogP contribution in [0.4, 0.5) is 14.7 Å². The van der Waals surface area contributed by atoms with Crippen LogP contribution in [0.3, 0.4) is 0 Å². The summed E-state index contributed by atoms with van der Waals surface area (Å²) in [5, 5.41) is 14.0. The number of hydrogen-bond acceptors (Lipinski definition) is 7. The van der Waals surface area contributed by atoms with Crippen LogP contribution in [0, 0.1) is 0 Å². The van der Waals surface area contributed by atoms with Crippen molar-refractivity contribution in [3.63, 3.8) is 0 Å². The Bertz CT molecular complexity index is 1190. The van der Waals surface area contributed by atoms with Crippen molar-refractivity contribution in [3.8, 4) is 17.0 Å². The van der Waals surface area contributed by atoms with Gasteiger partial charge >= 0.3 is 0 Å². The van der Waals surface area contributed by atoms with Gasteiger partial charge in [0.15, 0.2) is 5.65 Å². The van der Waals surface area contributed by atoms with E-state index in [4.69, 9.17) is 4.74 Å². The molecular weight excluding hydrogens is 382 g/mol. The third-order valence-electron chi connectivity index (χ3n) is 5.04. The molecule has 1 fully saturated rings. The summed E-state index contributed by atoms with van der Waals surface area (Å²) in [5.74, 6) is -2.51. The van der Waals surface area contributed by atoms with Crippen LogP contribution in [-0.2, 0) is 0 Å². The van der Waals surface area contributed by atoms with Crippen molar-refractivity contribution in [1.29, 1.82) is 0 Å². The van der Waals surface area contributed by atoms with Crippen molar-refractivity contribution in [2.75, 3.05) is 25.5 Å². The minimum absolute atomic E-state index is 0.0924. The lowest BCUT2D eigenvalue weighted by Gasteiger charge is -2.32. The minimum Gasteiger partial charge on any atom is -0.479 e. The number of hydrogen-bond donors (Lipinski definition) is 2. The van der Waals surface area contributed by atoms with E-state index in [1.807, 2.05) is 24.4 Å². The first kappa shape index (κ1) is 17.7. The van der Waals surface area contributed by atoms with Gasteiger partial charge in [-0.2, -0.15) is 10.1 Å². The Kier molecular flexibility index (Phi) is 4.05. The molecule has 0 bridgehead atoms. The number of nitrogens with zero attached hydrogens (tertiary/aromatic N) is 6. The van der Waals surface area contributed by atoms with E-state index in [1.54, 1.807) is 15.2 Å². The van der Waals surface area contributed by atoms with Crippen LogP contribution >= 0.6 is 0 Å². The van der Waals surface area contributed by atoms with E-state index in [1.165, 1.54) is 13.4 Å². The monoisotopic (exact) mass is 400 g/mol. The highest BCUT2D eigenvalue weighted by molar-refractivity contribution is 5.84. The smallest absolute Gasteiger partial charge is 0.280 e. The molecule has 11 heteroatoms. The highest BCUT2D eigenvalue weighted by atomic mass is 19.3. The molecule has 9 nitrogen and oxygen atoms in total. The molecule has 0 saturated carbocycles. The Morgan fingerprint density at radius 1 is 1.28 bits per heavy atom. The summed E-state index contributed by atoms with van der Waals surface area (Å²) in [7, 11) is 1.49. The molecule has 5 rings (SSSR count). The Morgan fingerprint density at radius 2 is 2.17 bits per heavy atom.